The van der Waals surface area contributed by atoms with Crippen LogP contribution < -0.4 is 10.7 Å². The van der Waals surface area contributed by atoms with Crippen molar-refractivity contribution in [3.8, 4) is 22.9 Å². The van der Waals surface area contributed by atoms with Crippen molar-refractivity contribution < 1.29 is 13.3 Å². The second-order valence-corrected chi connectivity index (χ2v) is 10.8. The lowest BCUT2D eigenvalue weighted by Crippen LogP contribution is -2.37. The lowest BCUT2D eigenvalue weighted by atomic mass is 9.83. The standard InChI is InChI=1S/C26H28ClF2N7O2/c1-14-7-9-15(10-8-14)13-36-20-19(16-4-2-5-17(27)12-16)30-23(24-33-26(37)38-34-24)31-22(20)32-25(36)35-11-3-6-18(35)21(28)29/h2,4-5,12,14-15,18,21H,3,6-11,13H2,1H3,(H,33,34,37)/t14-,15-,18-/m0/s1. The van der Waals surface area contributed by atoms with Gasteiger partial charge in [-0.25, -0.2) is 23.5 Å². The van der Waals surface area contributed by atoms with Crippen molar-refractivity contribution in [2.75, 3.05) is 11.4 Å². The van der Waals surface area contributed by atoms with E-state index in [9.17, 15) is 13.6 Å². The van der Waals surface area contributed by atoms with Crippen LogP contribution >= 0.6 is 11.6 Å². The van der Waals surface area contributed by atoms with Gasteiger partial charge in [0.05, 0.1) is 6.04 Å². The van der Waals surface area contributed by atoms with Crippen LogP contribution in [0.1, 0.15) is 45.4 Å². The average Bonchev–Trinajstić information content (AvgIpc) is 3.63. The van der Waals surface area contributed by atoms with Gasteiger partial charge in [-0.3, -0.25) is 9.51 Å². The van der Waals surface area contributed by atoms with Gasteiger partial charge in [0.2, 0.25) is 17.6 Å². The fourth-order valence-electron chi connectivity index (χ4n) is 5.76. The molecule has 38 heavy (non-hydrogen) atoms. The van der Waals surface area contributed by atoms with Crippen molar-refractivity contribution >= 4 is 28.7 Å². The fourth-order valence-corrected chi connectivity index (χ4v) is 5.95. The average molecular weight is 544 g/mol. The van der Waals surface area contributed by atoms with Gasteiger partial charge < -0.3 is 9.47 Å². The van der Waals surface area contributed by atoms with Crippen molar-refractivity contribution in [2.45, 2.75) is 64.5 Å². The summed E-state index contributed by atoms with van der Waals surface area (Å²) in [6.45, 7) is 3.39. The number of nitrogens with one attached hydrogen (secondary N) is 1. The van der Waals surface area contributed by atoms with Gasteiger partial charge in [-0.05, 0) is 49.7 Å². The van der Waals surface area contributed by atoms with E-state index in [1.54, 1.807) is 17.0 Å². The van der Waals surface area contributed by atoms with E-state index in [1.807, 2.05) is 16.7 Å². The smallest absolute Gasteiger partial charge is 0.333 e. The zero-order valence-electron chi connectivity index (χ0n) is 20.9. The van der Waals surface area contributed by atoms with E-state index in [-0.39, 0.29) is 11.6 Å². The Balaban J connectivity index is 1.58. The van der Waals surface area contributed by atoms with E-state index in [4.69, 9.17) is 21.6 Å². The summed E-state index contributed by atoms with van der Waals surface area (Å²) in [6.07, 6.45) is 2.97. The van der Waals surface area contributed by atoms with Crippen LogP contribution in [-0.2, 0) is 6.54 Å². The van der Waals surface area contributed by atoms with Crippen LogP contribution in [0.4, 0.5) is 14.7 Å². The zero-order chi connectivity index (χ0) is 26.4. The minimum atomic E-state index is -2.49. The highest BCUT2D eigenvalue weighted by Crippen LogP contribution is 2.38. The zero-order valence-corrected chi connectivity index (χ0v) is 21.7. The molecule has 1 aliphatic carbocycles. The van der Waals surface area contributed by atoms with E-state index in [2.05, 4.69) is 26.6 Å². The maximum Gasteiger partial charge on any atom is 0.439 e. The Labute approximate surface area is 222 Å². The molecule has 1 saturated heterocycles. The number of alkyl halides is 2. The second kappa shape index (κ2) is 10.1. The molecule has 4 aromatic rings. The normalized spacial score (nSPS) is 22.1. The molecular formula is C26H28ClF2N7O2. The quantitative estimate of drug-likeness (QED) is 0.340. The van der Waals surface area contributed by atoms with Gasteiger partial charge in [0.25, 0.3) is 6.43 Å². The Morgan fingerprint density at radius 1 is 1.16 bits per heavy atom. The highest BCUT2D eigenvalue weighted by molar-refractivity contribution is 6.30. The molecule has 6 rings (SSSR count). The molecule has 1 aliphatic heterocycles. The van der Waals surface area contributed by atoms with E-state index < -0.39 is 18.2 Å². The molecule has 3 aromatic heterocycles. The Kier molecular flexibility index (Phi) is 6.63. The van der Waals surface area contributed by atoms with Gasteiger partial charge in [0, 0.05) is 23.7 Å². The van der Waals surface area contributed by atoms with Gasteiger partial charge in [-0.1, -0.05) is 48.7 Å². The van der Waals surface area contributed by atoms with Crippen LogP contribution in [0.25, 0.3) is 34.1 Å². The van der Waals surface area contributed by atoms with Gasteiger partial charge in [0.15, 0.2) is 5.65 Å². The van der Waals surface area contributed by atoms with E-state index >= 15 is 0 Å². The second-order valence-electron chi connectivity index (χ2n) is 10.4. The summed E-state index contributed by atoms with van der Waals surface area (Å²) in [7, 11) is 0. The van der Waals surface area contributed by atoms with Crippen molar-refractivity contribution in [1.82, 2.24) is 29.7 Å². The molecule has 1 atom stereocenters. The van der Waals surface area contributed by atoms with Gasteiger partial charge in [-0.2, -0.15) is 4.98 Å². The van der Waals surface area contributed by atoms with Crippen molar-refractivity contribution in [2.24, 2.45) is 11.8 Å². The molecule has 2 fully saturated rings. The van der Waals surface area contributed by atoms with Crippen LogP contribution in [0.5, 0.6) is 0 Å². The molecule has 200 valence electrons. The highest BCUT2D eigenvalue weighted by atomic mass is 35.5. The minimum Gasteiger partial charge on any atom is -0.333 e. The Morgan fingerprint density at radius 3 is 2.68 bits per heavy atom. The number of hydrogen-bond donors (Lipinski definition) is 1. The monoisotopic (exact) mass is 543 g/mol. The van der Waals surface area contributed by atoms with E-state index in [0.717, 1.165) is 25.7 Å². The maximum absolute atomic E-state index is 14.1. The molecule has 0 radical (unpaired) electrons. The third kappa shape index (κ3) is 4.68. The third-order valence-electron chi connectivity index (χ3n) is 7.76. The van der Waals surface area contributed by atoms with Crippen molar-refractivity contribution in [1.29, 1.82) is 0 Å². The largest absolute Gasteiger partial charge is 0.439 e. The SMILES string of the molecule is C[C@H]1CC[C@H](Cn2c(N3CCC[C@H]3C(F)F)nc3nc(-c4noc(=O)[nH]4)nc(-c4cccc(Cl)c4)c32)CC1. The van der Waals surface area contributed by atoms with Crippen molar-refractivity contribution in [3.63, 3.8) is 0 Å². The van der Waals surface area contributed by atoms with E-state index in [0.29, 0.717) is 71.2 Å². The summed E-state index contributed by atoms with van der Waals surface area (Å²) in [4.78, 5) is 30.1. The van der Waals surface area contributed by atoms with Crippen molar-refractivity contribution in [3.05, 3.63) is 39.8 Å². The fraction of sp³-hybridized carbons (Fsp3) is 0.500. The first-order valence-electron chi connectivity index (χ1n) is 13.0. The Bertz CT molecular complexity index is 1510. The van der Waals surface area contributed by atoms with Crippen LogP contribution in [0.3, 0.4) is 0 Å². The summed E-state index contributed by atoms with van der Waals surface area (Å²) in [6, 6.07) is 6.34. The summed E-state index contributed by atoms with van der Waals surface area (Å²) >= 11 is 6.35. The number of aromatic nitrogens is 6. The third-order valence-corrected chi connectivity index (χ3v) is 7.99. The number of H-pyrrole nitrogens is 1. The first-order chi connectivity index (χ1) is 18.4. The van der Waals surface area contributed by atoms with Crippen LogP contribution in [-0.4, -0.2) is 48.7 Å². The van der Waals surface area contributed by atoms with Gasteiger partial charge >= 0.3 is 5.76 Å². The first kappa shape index (κ1) is 25.0. The number of benzene rings is 1. The molecule has 12 heteroatoms. The maximum atomic E-state index is 14.1. The first-order valence-corrected chi connectivity index (χ1v) is 13.4. The van der Waals surface area contributed by atoms with Crippen LogP contribution in [0.15, 0.2) is 33.6 Å². The molecule has 0 amide bonds. The lowest BCUT2D eigenvalue weighted by Gasteiger charge is -2.30. The molecule has 1 aromatic carbocycles. The number of aromatic amines is 1. The molecule has 1 saturated carbocycles. The number of rotatable bonds is 6. The molecule has 2 aliphatic rings. The highest BCUT2D eigenvalue weighted by Gasteiger charge is 2.36. The van der Waals surface area contributed by atoms with Crippen LogP contribution in [0, 0.1) is 11.8 Å². The number of nitrogens with zero attached hydrogens (tertiary/aromatic N) is 6. The summed E-state index contributed by atoms with van der Waals surface area (Å²) in [5, 5.41) is 4.27. The summed E-state index contributed by atoms with van der Waals surface area (Å²) < 4.78 is 34.8. The molecule has 0 spiro atoms. The molecular weight excluding hydrogens is 516 g/mol. The number of hydrogen-bond acceptors (Lipinski definition) is 7. The molecule has 0 unspecified atom stereocenters. The lowest BCUT2D eigenvalue weighted by molar-refractivity contribution is 0.116. The van der Waals surface area contributed by atoms with E-state index in [1.165, 1.54) is 0 Å². The predicted octanol–water partition coefficient (Wildman–Crippen LogP) is 5.55. The molecule has 4 heterocycles. The molecule has 1 N–H and O–H groups in total. The van der Waals surface area contributed by atoms with Gasteiger partial charge in [0.1, 0.15) is 11.2 Å². The summed E-state index contributed by atoms with van der Waals surface area (Å²) in [5.74, 6) is 0.989. The predicted molar refractivity (Wildman–Crippen MR) is 139 cm³/mol. The number of halogens is 3. The number of fused-ring (bicyclic) bond motifs is 1. The number of anilines is 1. The Morgan fingerprint density at radius 2 is 1.97 bits per heavy atom. The van der Waals surface area contributed by atoms with Crippen LogP contribution in [0.2, 0.25) is 5.02 Å². The molecule has 0 bridgehead atoms. The van der Waals surface area contributed by atoms with Gasteiger partial charge in [-0.15, -0.1) is 0 Å². The summed E-state index contributed by atoms with van der Waals surface area (Å²) in [5.41, 5.74) is 2.24. The molecule has 9 nitrogen and oxygen atoms in total. The minimum absolute atomic E-state index is 0.0594. The Hall–Kier alpha value is -3.34. The topological polar surface area (TPSA) is 106 Å². The number of imidazole rings is 1.